The molecule has 1 atom stereocenters. The second-order valence-corrected chi connectivity index (χ2v) is 5.81. The van der Waals surface area contributed by atoms with Crippen LogP contribution in [0.25, 0.3) is 0 Å². The summed E-state index contributed by atoms with van der Waals surface area (Å²) in [6.45, 7) is 1.77. The van der Waals surface area contributed by atoms with E-state index in [1.165, 1.54) is 12.1 Å². The van der Waals surface area contributed by atoms with Gasteiger partial charge < -0.3 is 9.64 Å². The lowest BCUT2D eigenvalue weighted by Crippen LogP contribution is -2.36. The second-order valence-electron chi connectivity index (χ2n) is 5.81. The Labute approximate surface area is 135 Å². The van der Waals surface area contributed by atoms with Gasteiger partial charge in [0.1, 0.15) is 5.82 Å². The number of nitrogens with zero attached hydrogens (tertiary/aromatic N) is 1. The summed E-state index contributed by atoms with van der Waals surface area (Å²) >= 11 is 0. The zero-order valence-electron chi connectivity index (χ0n) is 13.0. The van der Waals surface area contributed by atoms with Crippen LogP contribution in [0.5, 0.6) is 0 Å². The fraction of sp³-hybridized carbons (Fsp3) is 0.316. The van der Waals surface area contributed by atoms with Crippen molar-refractivity contribution in [2.24, 2.45) is 0 Å². The van der Waals surface area contributed by atoms with Gasteiger partial charge in [-0.15, -0.1) is 0 Å². The summed E-state index contributed by atoms with van der Waals surface area (Å²) in [6, 6.07) is 15.5. The summed E-state index contributed by atoms with van der Waals surface area (Å²) < 4.78 is 18.7. The van der Waals surface area contributed by atoms with E-state index in [9.17, 15) is 9.18 Å². The van der Waals surface area contributed by atoms with Gasteiger partial charge in [-0.1, -0.05) is 30.3 Å². The Bertz CT molecular complexity index is 636. The van der Waals surface area contributed by atoms with E-state index in [2.05, 4.69) is 0 Å². The highest BCUT2D eigenvalue weighted by molar-refractivity contribution is 5.94. The van der Waals surface area contributed by atoms with Gasteiger partial charge in [-0.25, -0.2) is 4.39 Å². The smallest absolute Gasteiger partial charge is 0.254 e. The molecule has 0 N–H and O–H groups in total. The van der Waals surface area contributed by atoms with Crippen LogP contribution < -0.4 is 0 Å². The van der Waals surface area contributed by atoms with E-state index in [0.717, 1.165) is 25.0 Å². The Morgan fingerprint density at radius 1 is 1.13 bits per heavy atom. The van der Waals surface area contributed by atoms with Gasteiger partial charge >= 0.3 is 0 Å². The van der Waals surface area contributed by atoms with Crippen LogP contribution in [0, 0.1) is 5.82 Å². The van der Waals surface area contributed by atoms with Crippen molar-refractivity contribution < 1.29 is 13.9 Å². The highest BCUT2D eigenvalue weighted by Crippen LogP contribution is 2.17. The molecular formula is C19H20FNO2. The summed E-state index contributed by atoms with van der Waals surface area (Å²) in [5.74, 6) is -0.292. The van der Waals surface area contributed by atoms with Crippen LogP contribution in [-0.2, 0) is 11.3 Å². The Hall–Kier alpha value is -2.20. The number of amides is 1. The minimum absolute atomic E-state index is 0.0228. The van der Waals surface area contributed by atoms with Crippen LogP contribution >= 0.6 is 0 Å². The van der Waals surface area contributed by atoms with Crippen molar-refractivity contribution in [3.63, 3.8) is 0 Å². The van der Waals surface area contributed by atoms with Crippen molar-refractivity contribution in [3.05, 3.63) is 71.5 Å². The second kappa shape index (κ2) is 7.38. The molecule has 1 fully saturated rings. The van der Waals surface area contributed by atoms with Crippen molar-refractivity contribution >= 4 is 5.91 Å². The molecule has 120 valence electrons. The normalized spacial score (nSPS) is 17.2. The van der Waals surface area contributed by atoms with E-state index in [0.29, 0.717) is 18.7 Å². The van der Waals surface area contributed by atoms with Crippen LogP contribution in [0.3, 0.4) is 0 Å². The maximum atomic E-state index is 13.1. The summed E-state index contributed by atoms with van der Waals surface area (Å²) in [6.07, 6.45) is 2.10. The third kappa shape index (κ3) is 4.17. The highest BCUT2D eigenvalue weighted by atomic mass is 19.1. The average Bonchev–Trinajstić information content (AvgIpc) is 3.09. The number of ether oxygens (including phenoxy) is 1. The van der Waals surface area contributed by atoms with Gasteiger partial charge in [0.25, 0.3) is 5.91 Å². The molecule has 1 saturated heterocycles. The molecule has 2 aromatic carbocycles. The third-order valence-corrected chi connectivity index (χ3v) is 4.04. The maximum absolute atomic E-state index is 13.1. The van der Waals surface area contributed by atoms with Gasteiger partial charge in [-0.2, -0.15) is 0 Å². The number of hydrogen-bond acceptors (Lipinski definition) is 2. The lowest BCUT2D eigenvalue weighted by atomic mass is 10.1. The molecule has 23 heavy (non-hydrogen) atoms. The Balaban J connectivity index is 1.77. The van der Waals surface area contributed by atoms with Gasteiger partial charge in [0.15, 0.2) is 0 Å². The lowest BCUT2D eigenvalue weighted by Gasteiger charge is -2.26. The molecule has 0 spiro atoms. The third-order valence-electron chi connectivity index (χ3n) is 4.04. The van der Waals surface area contributed by atoms with E-state index < -0.39 is 0 Å². The quantitative estimate of drug-likeness (QED) is 0.843. The molecule has 3 rings (SSSR count). The summed E-state index contributed by atoms with van der Waals surface area (Å²) in [5.41, 5.74) is 1.57. The predicted octanol–water partition coefficient (Wildman–Crippen LogP) is 3.65. The van der Waals surface area contributed by atoms with Gasteiger partial charge in [0, 0.05) is 25.3 Å². The molecule has 1 aliphatic rings. The number of carbonyl (C=O) groups is 1. The molecule has 1 aliphatic heterocycles. The average molecular weight is 313 g/mol. The molecular weight excluding hydrogens is 293 g/mol. The van der Waals surface area contributed by atoms with Crippen molar-refractivity contribution in [3.8, 4) is 0 Å². The molecule has 1 heterocycles. The molecule has 0 aliphatic carbocycles. The monoisotopic (exact) mass is 313 g/mol. The molecule has 1 amide bonds. The molecule has 1 unspecified atom stereocenters. The highest BCUT2D eigenvalue weighted by Gasteiger charge is 2.23. The number of carbonyl (C=O) groups excluding carboxylic acids is 1. The molecule has 2 aromatic rings. The zero-order chi connectivity index (χ0) is 16.1. The van der Waals surface area contributed by atoms with Gasteiger partial charge in [-0.05, 0) is 42.7 Å². The Morgan fingerprint density at radius 3 is 2.52 bits per heavy atom. The fourth-order valence-electron chi connectivity index (χ4n) is 2.83. The van der Waals surface area contributed by atoms with Crippen LogP contribution in [0.15, 0.2) is 54.6 Å². The number of hydrogen-bond donors (Lipinski definition) is 0. The first-order valence-electron chi connectivity index (χ1n) is 7.93. The predicted molar refractivity (Wildman–Crippen MR) is 86.6 cm³/mol. The van der Waals surface area contributed by atoms with Gasteiger partial charge in [-0.3, -0.25) is 4.79 Å². The minimum atomic E-state index is -0.270. The molecule has 0 bridgehead atoms. The Kier molecular flexibility index (Phi) is 5.03. The molecule has 3 nitrogen and oxygen atoms in total. The van der Waals surface area contributed by atoms with Crippen LogP contribution in [-0.4, -0.2) is 30.1 Å². The van der Waals surface area contributed by atoms with Crippen LogP contribution in [0.2, 0.25) is 0 Å². The minimum Gasteiger partial charge on any atom is -0.376 e. The summed E-state index contributed by atoms with van der Waals surface area (Å²) in [5, 5.41) is 0. The maximum Gasteiger partial charge on any atom is 0.254 e. The fourth-order valence-corrected chi connectivity index (χ4v) is 2.83. The summed E-state index contributed by atoms with van der Waals surface area (Å²) in [7, 11) is 0. The van der Waals surface area contributed by atoms with Crippen LogP contribution in [0.4, 0.5) is 4.39 Å². The van der Waals surface area contributed by atoms with E-state index in [-0.39, 0.29) is 17.8 Å². The first-order chi connectivity index (χ1) is 11.2. The number of benzene rings is 2. The van der Waals surface area contributed by atoms with Crippen LogP contribution in [0.1, 0.15) is 28.8 Å². The van der Waals surface area contributed by atoms with Crippen molar-refractivity contribution in [1.29, 1.82) is 0 Å². The molecule has 0 aromatic heterocycles. The van der Waals surface area contributed by atoms with E-state index in [4.69, 9.17) is 4.74 Å². The topological polar surface area (TPSA) is 29.5 Å². The Morgan fingerprint density at radius 2 is 1.87 bits per heavy atom. The number of rotatable bonds is 5. The van der Waals surface area contributed by atoms with Crippen molar-refractivity contribution in [2.75, 3.05) is 13.2 Å². The lowest BCUT2D eigenvalue weighted by molar-refractivity contribution is 0.0507. The molecule has 4 heteroatoms. The first-order valence-corrected chi connectivity index (χ1v) is 7.93. The van der Waals surface area contributed by atoms with E-state index in [1.807, 2.05) is 30.3 Å². The molecule has 0 radical (unpaired) electrons. The van der Waals surface area contributed by atoms with E-state index >= 15 is 0 Å². The standard InChI is InChI=1S/C19H20FNO2/c20-17-10-8-15(9-11-17)13-21(14-18-7-4-12-23-18)19(22)16-5-2-1-3-6-16/h1-3,5-6,8-11,18H,4,7,12-14H2. The molecule has 0 saturated carbocycles. The number of halogens is 1. The van der Waals surface area contributed by atoms with Gasteiger partial charge in [0.05, 0.1) is 6.10 Å². The van der Waals surface area contributed by atoms with E-state index in [1.54, 1.807) is 17.0 Å². The van der Waals surface area contributed by atoms with Crippen molar-refractivity contribution in [1.82, 2.24) is 4.90 Å². The largest absolute Gasteiger partial charge is 0.376 e. The zero-order valence-corrected chi connectivity index (χ0v) is 13.0. The summed E-state index contributed by atoms with van der Waals surface area (Å²) in [4.78, 5) is 14.6. The van der Waals surface area contributed by atoms with Gasteiger partial charge in [0.2, 0.25) is 0 Å². The van der Waals surface area contributed by atoms with Crippen molar-refractivity contribution in [2.45, 2.75) is 25.5 Å². The SMILES string of the molecule is O=C(c1ccccc1)N(Cc1ccc(F)cc1)CC1CCCO1. The first kappa shape index (κ1) is 15.7.